The first kappa shape index (κ1) is 13.4. The van der Waals surface area contributed by atoms with E-state index in [-0.39, 0.29) is 12.3 Å². The zero-order valence-corrected chi connectivity index (χ0v) is 12.2. The molecule has 0 aliphatic carbocycles. The van der Waals surface area contributed by atoms with Gasteiger partial charge in [-0.2, -0.15) is 11.8 Å². The molecular weight excluding hydrogens is 298 g/mol. The SMILES string of the molecule is O=C(Cc1cn2ccsc2n1)NC1(C(=O)O)CCSC1. The molecule has 1 atom stereocenters. The minimum atomic E-state index is -1.11. The lowest BCUT2D eigenvalue weighted by Gasteiger charge is -2.24. The van der Waals surface area contributed by atoms with Crippen LogP contribution in [0, 0.1) is 0 Å². The highest BCUT2D eigenvalue weighted by molar-refractivity contribution is 7.99. The number of carboxylic acids is 1. The molecule has 1 aliphatic heterocycles. The van der Waals surface area contributed by atoms with Crippen LogP contribution in [0.1, 0.15) is 12.1 Å². The van der Waals surface area contributed by atoms with Gasteiger partial charge < -0.3 is 10.4 Å². The molecule has 2 aromatic rings. The van der Waals surface area contributed by atoms with Gasteiger partial charge in [0, 0.05) is 23.5 Å². The summed E-state index contributed by atoms with van der Waals surface area (Å²) in [6.45, 7) is 0. The monoisotopic (exact) mass is 311 g/mol. The van der Waals surface area contributed by atoms with Gasteiger partial charge in [-0.25, -0.2) is 9.78 Å². The topological polar surface area (TPSA) is 83.7 Å². The highest BCUT2D eigenvalue weighted by Gasteiger charge is 2.43. The van der Waals surface area contributed by atoms with Gasteiger partial charge in [0.25, 0.3) is 0 Å². The second-order valence-corrected chi connectivity index (χ2v) is 6.72. The van der Waals surface area contributed by atoms with Crippen molar-refractivity contribution < 1.29 is 14.7 Å². The first-order chi connectivity index (χ1) is 9.59. The first-order valence-corrected chi connectivity index (χ1v) is 8.16. The number of nitrogens with one attached hydrogen (secondary N) is 1. The quantitative estimate of drug-likeness (QED) is 0.880. The van der Waals surface area contributed by atoms with Crippen molar-refractivity contribution >= 4 is 39.9 Å². The Morgan fingerprint density at radius 3 is 3.05 bits per heavy atom. The molecule has 6 nitrogen and oxygen atoms in total. The molecule has 1 saturated heterocycles. The van der Waals surface area contributed by atoms with Gasteiger partial charge in [-0.05, 0) is 12.2 Å². The summed E-state index contributed by atoms with van der Waals surface area (Å²) in [5, 5.41) is 13.9. The third-order valence-corrected chi connectivity index (χ3v) is 5.25. The third kappa shape index (κ3) is 2.40. The van der Waals surface area contributed by atoms with Crippen LogP contribution in [0.5, 0.6) is 0 Å². The van der Waals surface area contributed by atoms with E-state index in [2.05, 4.69) is 10.3 Å². The maximum Gasteiger partial charge on any atom is 0.330 e. The Labute approximate surface area is 123 Å². The summed E-state index contributed by atoms with van der Waals surface area (Å²) in [6.07, 6.45) is 4.24. The number of thioether (sulfide) groups is 1. The number of amides is 1. The van der Waals surface area contributed by atoms with Crippen LogP contribution in [0.15, 0.2) is 17.8 Å². The fraction of sp³-hybridized carbons (Fsp3) is 0.417. The summed E-state index contributed by atoms with van der Waals surface area (Å²) in [4.78, 5) is 28.6. The van der Waals surface area contributed by atoms with Gasteiger partial charge in [0.15, 0.2) is 4.96 Å². The normalized spacial score (nSPS) is 22.2. The molecule has 1 fully saturated rings. The number of carboxylic acid groups (broad SMARTS) is 1. The Morgan fingerprint density at radius 1 is 1.55 bits per heavy atom. The number of aliphatic carboxylic acids is 1. The molecule has 106 valence electrons. The molecule has 0 radical (unpaired) electrons. The van der Waals surface area contributed by atoms with Crippen LogP contribution >= 0.6 is 23.1 Å². The molecule has 0 saturated carbocycles. The maximum atomic E-state index is 12.0. The van der Waals surface area contributed by atoms with Crippen molar-refractivity contribution in [3.05, 3.63) is 23.5 Å². The second kappa shape index (κ2) is 5.10. The van der Waals surface area contributed by atoms with Gasteiger partial charge in [0.2, 0.25) is 5.91 Å². The standard InChI is InChI=1S/C12H13N3O3S2/c16-9(14-12(10(17)18)1-3-19-7-12)5-8-6-15-2-4-20-11(15)13-8/h2,4,6H,1,3,5,7H2,(H,14,16)(H,17,18). The molecule has 2 aromatic heterocycles. The predicted octanol–water partition coefficient (Wildman–Crippen LogP) is 1.01. The molecule has 1 unspecified atom stereocenters. The smallest absolute Gasteiger partial charge is 0.330 e. The highest BCUT2D eigenvalue weighted by atomic mass is 32.2. The number of imidazole rings is 1. The van der Waals surface area contributed by atoms with Gasteiger partial charge >= 0.3 is 5.97 Å². The number of carbonyl (C=O) groups is 2. The van der Waals surface area contributed by atoms with E-state index in [0.29, 0.717) is 17.9 Å². The van der Waals surface area contributed by atoms with Gasteiger partial charge in [0.05, 0.1) is 12.1 Å². The number of fused-ring (bicyclic) bond motifs is 1. The van der Waals surface area contributed by atoms with Crippen molar-refractivity contribution in [2.24, 2.45) is 0 Å². The number of rotatable bonds is 4. The van der Waals surface area contributed by atoms with E-state index >= 15 is 0 Å². The fourth-order valence-electron chi connectivity index (χ4n) is 2.22. The van der Waals surface area contributed by atoms with Crippen molar-refractivity contribution in [1.29, 1.82) is 0 Å². The molecular formula is C12H13N3O3S2. The van der Waals surface area contributed by atoms with Crippen molar-refractivity contribution in [3.63, 3.8) is 0 Å². The molecule has 0 aromatic carbocycles. The zero-order valence-electron chi connectivity index (χ0n) is 10.5. The summed E-state index contributed by atoms with van der Waals surface area (Å²) in [7, 11) is 0. The second-order valence-electron chi connectivity index (χ2n) is 4.74. The summed E-state index contributed by atoms with van der Waals surface area (Å²) in [5.74, 6) is -0.0681. The van der Waals surface area contributed by atoms with Gasteiger partial charge in [-0.15, -0.1) is 11.3 Å². The summed E-state index contributed by atoms with van der Waals surface area (Å²) < 4.78 is 1.85. The molecule has 0 spiro atoms. The molecule has 3 rings (SSSR count). The summed E-state index contributed by atoms with van der Waals surface area (Å²) in [5.41, 5.74) is -0.459. The van der Waals surface area contributed by atoms with Crippen LogP contribution < -0.4 is 5.32 Å². The molecule has 1 aliphatic rings. The molecule has 2 N–H and O–H groups in total. The van der Waals surface area contributed by atoms with Crippen LogP contribution in [0.4, 0.5) is 0 Å². The summed E-state index contributed by atoms with van der Waals surface area (Å²) in [6, 6.07) is 0. The number of carbonyl (C=O) groups excluding carboxylic acids is 1. The molecule has 0 bridgehead atoms. The van der Waals surface area contributed by atoms with E-state index in [1.54, 1.807) is 18.0 Å². The third-order valence-electron chi connectivity index (χ3n) is 3.29. The molecule has 1 amide bonds. The zero-order chi connectivity index (χ0) is 14.2. The minimum Gasteiger partial charge on any atom is -0.479 e. The molecule has 8 heteroatoms. The van der Waals surface area contributed by atoms with Crippen LogP contribution in [0.2, 0.25) is 0 Å². The lowest BCUT2D eigenvalue weighted by molar-refractivity contribution is -0.146. The predicted molar refractivity (Wildman–Crippen MR) is 77.2 cm³/mol. The Morgan fingerprint density at radius 2 is 2.40 bits per heavy atom. The molecule has 3 heterocycles. The Bertz CT molecular complexity index is 629. The lowest BCUT2D eigenvalue weighted by atomic mass is 9.99. The molecule has 20 heavy (non-hydrogen) atoms. The summed E-state index contributed by atoms with van der Waals surface area (Å²) >= 11 is 3.04. The van der Waals surface area contributed by atoms with E-state index in [1.807, 2.05) is 16.0 Å². The van der Waals surface area contributed by atoms with Crippen molar-refractivity contribution in [2.75, 3.05) is 11.5 Å². The Hall–Kier alpha value is -1.54. The lowest BCUT2D eigenvalue weighted by Crippen LogP contribution is -2.55. The van der Waals surface area contributed by atoms with Crippen molar-refractivity contribution in [2.45, 2.75) is 18.4 Å². The van der Waals surface area contributed by atoms with Crippen LogP contribution in [-0.4, -0.2) is 43.4 Å². The van der Waals surface area contributed by atoms with Crippen LogP contribution in [-0.2, 0) is 16.0 Å². The van der Waals surface area contributed by atoms with Gasteiger partial charge in [-0.3, -0.25) is 9.20 Å². The van der Waals surface area contributed by atoms with E-state index < -0.39 is 11.5 Å². The number of hydrogen-bond donors (Lipinski definition) is 2. The minimum absolute atomic E-state index is 0.105. The van der Waals surface area contributed by atoms with Crippen molar-refractivity contribution in [3.8, 4) is 0 Å². The van der Waals surface area contributed by atoms with Crippen LogP contribution in [0.25, 0.3) is 4.96 Å². The Kier molecular flexibility index (Phi) is 3.43. The number of aromatic nitrogens is 2. The largest absolute Gasteiger partial charge is 0.479 e. The van der Waals surface area contributed by atoms with E-state index in [0.717, 1.165) is 10.7 Å². The van der Waals surface area contributed by atoms with Gasteiger partial charge in [-0.1, -0.05) is 0 Å². The first-order valence-electron chi connectivity index (χ1n) is 6.12. The Balaban J connectivity index is 1.70. The number of hydrogen-bond acceptors (Lipinski definition) is 5. The number of nitrogens with zero attached hydrogens (tertiary/aromatic N) is 2. The van der Waals surface area contributed by atoms with E-state index in [9.17, 15) is 14.7 Å². The average molecular weight is 311 g/mol. The highest BCUT2D eigenvalue weighted by Crippen LogP contribution is 2.28. The van der Waals surface area contributed by atoms with Crippen molar-refractivity contribution in [1.82, 2.24) is 14.7 Å². The van der Waals surface area contributed by atoms with Crippen LogP contribution in [0.3, 0.4) is 0 Å². The van der Waals surface area contributed by atoms with E-state index in [4.69, 9.17) is 0 Å². The average Bonchev–Trinajstić information content (AvgIpc) is 3.04. The maximum absolute atomic E-state index is 12.0. The van der Waals surface area contributed by atoms with Gasteiger partial charge in [0.1, 0.15) is 5.54 Å². The van der Waals surface area contributed by atoms with E-state index in [1.165, 1.54) is 11.3 Å². The fourth-order valence-corrected chi connectivity index (χ4v) is 4.27. The number of thiazole rings is 1.